The van der Waals surface area contributed by atoms with E-state index in [4.69, 9.17) is 9.47 Å². The van der Waals surface area contributed by atoms with Gasteiger partial charge < -0.3 is 14.6 Å². The maximum Gasteiger partial charge on any atom is 0.167 e. The first-order valence-electron chi connectivity index (χ1n) is 8.85. The van der Waals surface area contributed by atoms with Crippen molar-refractivity contribution >= 4 is 11.4 Å². The minimum Gasteiger partial charge on any atom is -0.511 e. The topological polar surface area (TPSA) is 55.8 Å². The zero-order chi connectivity index (χ0) is 17.1. The molecular formula is C20H26O4. The second-order valence-electron chi connectivity index (χ2n) is 6.75. The van der Waals surface area contributed by atoms with Gasteiger partial charge in [-0.2, -0.15) is 0 Å². The van der Waals surface area contributed by atoms with Crippen molar-refractivity contribution in [3.05, 3.63) is 35.1 Å². The fourth-order valence-corrected chi connectivity index (χ4v) is 3.86. The lowest BCUT2D eigenvalue weighted by molar-refractivity contribution is -0.113. The highest BCUT2D eigenvalue weighted by Gasteiger charge is 2.35. The van der Waals surface area contributed by atoms with Crippen LogP contribution in [0.4, 0.5) is 0 Å². The van der Waals surface area contributed by atoms with E-state index in [1.54, 1.807) is 7.11 Å². The number of carbonyl (C=O) groups is 1. The van der Waals surface area contributed by atoms with E-state index < -0.39 is 0 Å². The van der Waals surface area contributed by atoms with Gasteiger partial charge in [-0.05, 0) is 54.9 Å². The molecule has 1 aromatic rings. The third kappa shape index (κ3) is 3.34. The summed E-state index contributed by atoms with van der Waals surface area (Å²) < 4.78 is 10.7. The number of rotatable bonds is 5. The van der Waals surface area contributed by atoms with Crippen molar-refractivity contribution in [3.8, 4) is 5.75 Å². The summed E-state index contributed by atoms with van der Waals surface area (Å²) in [5.41, 5.74) is 2.40. The Hall–Kier alpha value is -1.81. The molecule has 0 spiro atoms. The molecule has 1 fully saturated rings. The molecule has 1 heterocycles. The van der Waals surface area contributed by atoms with Crippen LogP contribution < -0.4 is 4.74 Å². The number of aryl methyl sites for hydroxylation is 1. The van der Waals surface area contributed by atoms with Gasteiger partial charge >= 0.3 is 0 Å². The summed E-state index contributed by atoms with van der Waals surface area (Å²) in [6, 6.07) is 5.76. The summed E-state index contributed by atoms with van der Waals surface area (Å²) in [6.07, 6.45) is 4.14. The Kier molecular flexibility index (Phi) is 5.24. The first-order chi connectivity index (χ1) is 11.6. The first kappa shape index (κ1) is 17.0. The number of aliphatic hydroxyl groups is 1. The van der Waals surface area contributed by atoms with Crippen molar-refractivity contribution in [2.75, 3.05) is 20.3 Å². The third-order valence-electron chi connectivity index (χ3n) is 5.28. The number of benzene rings is 1. The molecule has 1 aliphatic carbocycles. The molecule has 0 aromatic heterocycles. The highest BCUT2D eigenvalue weighted by molar-refractivity contribution is 6.24. The predicted molar refractivity (Wildman–Crippen MR) is 93.2 cm³/mol. The summed E-state index contributed by atoms with van der Waals surface area (Å²) in [5, 5.41) is 10.8. The van der Waals surface area contributed by atoms with Gasteiger partial charge in [0.25, 0.3) is 0 Å². The lowest BCUT2D eigenvalue weighted by atomic mass is 9.88. The molecule has 130 valence electrons. The van der Waals surface area contributed by atoms with Gasteiger partial charge in [0.2, 0.25) is 0 Å². The standard InChI is InChI=1S/C20H26O4/c1-3-14-4-5-16(23-2)12-17(14)19-18(21)11-15(20(19)22)10-13-6-8-24-9-7-13/h4-5,12-13,15,22H,3,6-11H2,1-2H3. The summed E-state index contributed by atoms with van der Waals surface area (Å²) in [6.45, 7) is 3.64. The molecule has 24 heavy (non-hydrogen) atoms. The Morgan fingerprint density at radius 3 is 2.71 bits per heavy atom. The normalized spacial score (nSPS) is 22.2. The smallest absolute Gasteiger partial charge is 0.167 e. The summed E-state index contributed by atoms with van der Waals surface area (Å²) in [5.74, 6) is 1.52. The molecule has 1 saturated heterocycles. The molecule has 4 heteroatoms. The van der Waals surface area contributed by atoms with E-state index in [2.05, 4.69) is 6.92 Å². The lowest BCUT2D eigenvalue weighted by Gasteiger charge is -2.24. The van der Waals surface area contributed by atoms with Crippen LogP contribution in [-0.4, -0.2) is 31.2 Å². The number of carbonyl (C=O) groups excluding carboxylic acids is 1. The van der Waals surface area contributed by atoms with Gasteiger partial charge in [-0.25, -0.2) is 0 Å². The van der Waals surface area contributed by atoms with Crippen LogP contribution >= 0.6 is 0 Å². The predicted octanol–water partition coefficient (Wildman–Crippen LogP) is 3.93. The fourth-order valence-electron chi connectivity index (χ4n) is 3.86. The molecule has 1 aliphatic heterocycles. The summed E-state index contributed by atoms with van der Waals surface area (Å²) in [4.78, 5) is 12.6. The highest BCUT2D eigenvalue weighted by Crippen LogP contribution is 2.40. The van der Waals surface area contributed by atoms with Crippen molar-refractivity contribution < 1.29 is 19.4 Å². The van der Waals surface area contributed by atoms with Crippen LogP contribution in [0.3, 0.4) is 0 Å². The monoisotopic (exact) mass is 330 g/mol. The second-order valence-corrected chi connectivity index (χ2v) is 6.75. The van der Waals surface area contributed by atoms with Gasteiger partial charge in [0.1, 0.15) is 11.5 Å². The molecule has 1 N–H and O–H groups in total. The molecular weight excluding hydrogens is 304 g/mol. The zero-order valence-corrected chi connectivity index (χ0v) is 14.5. The molecule has 0 radical (unpaired) electrons. The zero-order valence-electron chi connectivity index (χ0n) is 14.5. The van der Waals surface area contributed by atoms with Crippen LogP contribution in [-0.2, 0) is 16.0 Å². The van der Waals surface area contributed by atoms with Crippen molar-refractivity contribution in [1.29, 1.82) is 0 Å². The Labute approximate surface area is 143 Å². The van der Waals surface area contributed by atoms with Gasteiger partial charge in [-0.1, -0.05) is 13.0 Å². The lowest BCUT2D eigenvalue weighted by Crippen LogP contribution is -2.19. The van der Waals surface area contributed by atoms with Crippen LogP contribution in [0, 0.1) is 11.8 Å². The fraction of sp³-hybridized carbons (Fsp3) is 0.550. The van der Waals surface area contributed by atoms with E-state index in [-0.39, 0.29) is 17.5 Å². The maximum atomic E-state index is 12.6. The number of hydrogen-bond acceptors (Lipinski definition) is 4. The van der Waals surface area contributed by atoms with Crippen molar-refractivity contribution in [2.24, 2.45) is 11.8 Å². The van der Waals surface area contributed by atoms with Crippen LogP contribution in [0.25, 0.3) is 5.57 Å². The number of methoxy groups -OCH3 is 1. The van der Waals surface area contributed by atoms with Crippen molar-refractivity contribution in [3.63, 3.8) is 0 Å². The minimum atomic E-state index is -0.0495. The number of ether oxygens (including phenoxy) is 2. The number of aliphatic hydroxyl groups excluding tert-OH is 1. The summed E-state index contributed by atoms with van der Waals surface area (Å²) in [7, 11) is 1.61. The van der Waals surface area contributed by atoms with E-state index in [1.165, 1.54) is 0 Å². The Morgan fingerprint density at radius 2 is 2.04 bits per heavy atom. The highest BCUT2D eigenvalue weighted by atomic mass is 16.5. The largest absolute Gasteiger partial charge is 0.511 e. The van der Waals surface area contributed by atoms with Crippen LogP contribution in [0.1, 0.15) is 43.7 Å². The number of hydrogen-bond donors (Lipinski definition) is 1. The molecule has 1 aromatic carbocycles. The van der Waals surface area contributed by atoms with E-state index in [9.17, 15) is 9.90 Å². The van der Waals surface area contributed by atoms with E-state index in [1.807, 2.05) is 18.2 Å². The van der Waals surface area contributed by atoms with Crippen LogP contribution in [0.5, 0.6) is 5.75 Å². The minimum absolute atomic E-state index is 0.0486. The van der Waals surface area contributed by atoms with Crippen molar-refractivity contribution in [1.82, 2.24) is 0 Å². The SMILES string of the molecule is CCc1ccc(OC)cc1C1=C(O)C(CC2CCOCC2)CC1=O. The molecule has 0 amide bonds. The van der Waals surface area contributed by atoms with Gasteiger partial charge in [-0.15, -0.1) is 0 Å². The second kappa shape index (κ2) is 7.39. The third-order valence-corrected chi connectivity index (χ3v) is 5.28. The maximum absolute atomic E-state index is 12.6. The first-order valence-corrected chi connectivity index (χ1v) is 8.85. The van der Waals surface area contributed by atoms with E-state index in [0.29, 0.717) is 23.7 Å². The Bertz CT molecular complexity index is 641. The molecule has 0 saturated carbocycles. The number of Topliss-reactive ketones (excluding diaryl/α,β-unsaturated/α-hetero) is 1. The van der Waals surface area contributed by atoms with Crippen LogP contribution in [0.15, 0.2) is 24.0 Å². The van der Waals surface area contributed by atoms with E-state index in [0.717, 1.165) is 50.0 Å². The van der Waals surface area contributed by atoms with Gasteiger partial charge in [0.05, 0.1) is 12.7 Å². The number of allylic oxidation sites excluding steroid dienone is 2. The molecule has 4 nitrogen and oxygen atoms in total. The number of ketones is 1. The molecule has 1 unspecified atom stereocenters. The Morgan fingerprint density at radius 1 is 1.29 bits per heavy atom. The van der Waals surface area contributed by atoms with Crippen LogP contribution in [0.2, 0.25) is 0 Å². The van der Waals surface area contributed by atoms with Gasteiger partial charge in [0, 0.05) is 25.6 Å². The average molecular weight is 330 g/mol. The summed E-state index contributed by atoms with van der Waals surface area (Å²) >= 11 is 0. The molecule has 2 aliphatic rings. The van der Waals surface area contributed by atoms with Gasteiger partial charge in [-0.3, -0.25) is 4.79 Å². The molecule has 3 rings (SSSR count). The average Bonchev–Trinajstić information content (AvgIpc) is 2.88. The molecule has 0 bridgehead atoms. The van der Waals surface area contributed by atoms with E-state index >= 15 is 0 Å². The Balaban J connectivity index is 1.89. The van der Waals surface area contributed by atoms with Gasteiger partial charge in [0.15, 0.2) is 5.78 Å². The molecule has 1 atom stereocenters. The van der Waals surface area contributed by atoms with Crippen molar-refractivity contribution in [2.45, 2.75) is 39.0 Å². The quantitative estimate of drug-likeness (QED) is 0.888.